The fourth-order valence-corrected chi connectivity index (χ4v) is 2.26. The summed E-state index contributed by atoms with van der Waals surface area (Å²) in [4.78, 5) is 23.7. The van der Waals surface area contributed by atoms with Crippen molar-refractivity contribution in [3.63, 3.8) is 0 Å². The number of rotatable bonds is 5. The van der Waals surface area contributed by atoms with E-state index in [1.807, 2.05) is 0 Å². The number of carbonyl (C=O) groups excluding carboxylic acids is 2. The third-order valence-electron chi connectivity index (χ3n) is 3.57. The Kier molecular flexibility index (Phi) is 4.61. The van der Waals surface area contributed by atoms with Crippen molar-refractivity contribution < 1.29 is 19.8 Å². The molecule has 0 heterocycles. The molecule has 0 atom stereocenters. The molecule has 0 radical (unpaired) electrons. The second kappa shape index (κ2) is 6.43. The Morgan fingerprint density at radius 1 is 0.773 bits per heavy atom. The van der Waals surface area contributed by atoms with Gasteiger partial charge in [-0.25, -0.2) is 0 Å². The van der Waals surface area contributed by atoms with E-state index in [2.05, 4.69) is 0 Å². The van der Waals surface area contributed by atoms with Gasteiger partial charge in [0.05, 0.1) is 11.1 Å². The second-order valence-electron chi connectivity index (χ2n) is 5.02. The number of Topliss-reactive ketones (excluding diaryl/α,β-unsaturated/α-hetero) is 2. The number of hydrogen-bond acceptors (Lipinski definition) is 4. The normalized spacial score (nSPS) is 10.5. The third-order valence-corrected chi connectivity index (χ3v) is 3.57. The number of phenolic OH excluding ortho intramolecular Hbond substituents is 2. The minimum absolute atomic E-state index is 0.0563. The summed E-state index contributed by atoms with van der Waals surface area (Å²) in [6.07, 6.45) is 0.596. The zero-order valence-electron chi connectivity index (χ0n) is 12.6. The van der Waals surface area contributed by atoms with Crippen LogP contribution < -0.4 is 0 Å². The number of benzene rings is 2. The molecule has 114 valence electrons. The van der Waals surface area contributed by atoms with Crippen LogP contribution in [0.5, 0.6) is 11.5 Å². The highest BCUT2D eigenvalue weighted by Crippen LogP contribution is 2.30. The molecule has 2 rings (SSSR count). The van der Waals surface area contributed by atoms with Gasteiger partial charge < -0.3 is 10.2 Å². The zero-order chi connectivity index (χ0) is 16.3. The maximum absolute atomic E-state index is 11.8. The molecule has 0 aliphatic rings. The van der Waals surface area contributed by atoms with Crippen LogP contribution >= 0.6 is 0 Å². The molecule has 4 heteroatoms. The van der Waals surface area contributed by atoms with Gasteiger partial charge in [0.2, 0.25) is 0 Å². The van der Waals surface area contributed by atoms with Crippen molar-refractivity contribution in [2.75, 3.05) is 0 Å². The van der Waals surface area contributed by atoms with Crippen LogP contribution in [-0.2, 0) is 0 Å². The molecule has 0 spiro atoms. The van der Waals surface area contributed by atoms with E-state index in [0.29, 0.717) is 24.0 Å². The average molecular weight is 298 g/mol. The summed E-state index contributed by atoms with van der Waals surface area (Å²) in [5, 5.41) is 19.6. The molecule has 2 aromatic carbocycles. The lowest BCUT2D eigenvalue weighted by atomic mass is 9.96. The molecule has 4 nitrogen and oxygen atoms in total. The molecule has 0 saturated heterocycles. The summed E-state index contributed by atoms with van der Waals surface area (Å²) in [5.74, 6) is -0.413. The van der Waals surface area contributed by atoms with E-state index in [-0.39, 0.29) is 34.2 Å². The van der Waals surface area contributed by atoms with Gasteiger partial charge in [0.1, 0.15) is 11.5 Å². The minimum atomic E-state index is -0.150. The van der Waals surface area contributed by atoms with E-state index in [9.17, 15) is 19.8 Å². The van der Waals surface area contributed by atoms with Crippen molar-refractivity contribution >= 4 is 11.6 Å². The summed E-state index contributed by atoms with van der Waals surface area (Å²) in [6, 6.07) is 9.49. The van der Waals surface area contributed by atoms with E-state index < -0.39 is 0 Å². The van der Waals surface area contributed by atoms with E-state index in [0.717, 1.165) is 0 Å². The fourth-order valence-electron chi connectivity index (χ4n) is 2.26. The van der Waals surface area contributed by atoms with Gasteiger partial charge in [0, 0.05) is 12.8 Å². The summed E-state index contributed by atoms with van der Waals surface area (Å²) in [6.45, 7) is 3.46. The molecule has 0 aliphatic heterocycles. The van der Waals surface area contributed by atoms with Crippen molar-refractivity contribution in [3.8, 4) is 22.6 Å². The smallest absolute Gasteiger partial charge is 0.166 e. The molecule has 0 saturated carbocycles. The van der Waals surface area contributed by atoms with Gasteiger partial charge in [0.25, 0.3) is 0 Å². The fraction of sp³-hybridized carbons (Fsp3) is 0.222. The lowest BCUT2D eigenvalue weighted by Gasteiger charge is -2.09. The number of ketones is 2. The zero-order valence-corrected chi connectivity index (χ0v) is 12.6. The molecule has 0 fully saturated rings. The van der Waals surface area contributed by atoms with Gasteiger partial charge in [-0.05, 0) is 35.4 Å². The van der Waals surface area contributed by atoms with E-state index in [4.69, 9.17) is 0 Å². The van der Waals surface area contributed by atoms with Crippen molar-refractivity contribution in [1.29, 1.82) is 0 Å². The van der Waals surface area contributed by atoms with Crippen molar-refractivity contribution in [2.45, 2.75) is 26.7 Å². The third kappa shape index (κ3) is 3.01. The Hall–Kier alpha value is -2.62. The van der Waals surface area contributed by atoms with Crippen LogP contribution in [0.1, 0.15) is 47.4 Å². The molecule has 0 bridgehead atoms. The summed E-state index contributed by atoms with van der Waals surface area (Å²) in [7, 11) is 0. The quantitative estimate of drug-likeness (QED) is 0.820. The van der Waals surface area contributed by atoms with Crippen LogP contribution in [-0.4, -0.2) is 21.8 Å². The van der Waals surface area contributed by atoms with Crippen molar-refractivity contribution in [1.82, 2.24) is 0 Å². The van der Waals surface area contributed by atoms with Crippen LogP contribution in [0.2, 0.25) is 0 Å². The van der Waals surface area contributed by atoms with Gasteiger partial charge >= 0.3 is 0 Å². The number of carbonyl (C=O) groups is 2. The molecule has 0 unspecified atom stereocenters. The van der Waals surface area contributed by atoms with Gasteiger partial charge in [-0.2, -0.15) is 0 Å². The van der Waals surface area contributed by atoms with Crippen molar-refractivity contribution in [2.24, 2.45) is 0 Å². The standard InChI is InChI=1S/C18H18O4/c1-3-15(19)13-9-11(5-7-17(13)21)12-6-8-18(22)14(10-12)16(20)4-2/h5-10,21-22H,3-4H2,1-2H3. The predicted molar refractivity (Wildman–Crippen MR) is 84.5 cm³/mol. The molecule has 2 aromatic rings. The molecule has 2 N–H and O–H groups in total. The average Bonchev–Trinajstić information content (AvgIpc) is 2.54. The number of aromatic hydroxyl groups is 2. The Morgan fingerprint density at radius 2 is 1.14 bits per heavy atom. The summed E-state index contributed by atoms with van der Waals surface area (Å²) < 4.78 is 0. The first-order valence-electron chi connectivity index (χ1n) is 7.20. The van der Waals surface area contributed by atoms with E-state index in [1.165, 1.54) is 12.1 Å². The number of hydrogen-bond donors (Lipinski definition) is 2. The largest absolute Gasteiger partial charge is 0.507 e. The molecule has 22 heavy (non-hydrogen) atoms. The molecule has 0 aromatic heterocycles. The Labute approximate surface area is 129 Å². The van der Waals surface area contributed by atoms with Gasteiger partial charge in [-0.3, -0.25) is 9.59 Å². The highest BCUT2D eigenvalue weighted by atomic mass is 16.3. The molecular formula is C18H18O4. The van der Waals surface area contributed by atoms with Crippen LogP contribution in [0.25, 0.3) is 11.1 Å². The first-order valence-corrected chi connectivity index (χ1v) is 7.20. The van der Waals surface area contributed by atoms with Crippen LogP contribution in [0.3, 0.4) is 0 Å². The Balaban J connectivity index is 2.53. The SMILES string of the molecule is CCC(=O)c1cc(-c2ccc(O)c(C(=O)CC)c2)ccc1O. The number of phenols is 2. The van der Waals surface area contributed by atoms with Crippen LogP contribution in [0.15, 0.2) is 36.4 Å². The summed E-state index contributed by atoms with van der Waals surface area (Å²) in [5.41, 5.74) is 1.94. The van der Waals surface area contributed by atoms with Gasteiger partial charge in [0.15, 0.2) is 11.6 Å². The van der Waals surface area contributed by atoms with Gasteiger partial charge in [-0.1, -0.05) is 26.0 Å². The first-order chi connectivity index (χ1) is 10.5. The molecule has 0 amide bonds. The maximum Gasteiger partial charge on any atom is 0.166 e. The Bertz CT molecular complexity index is 668. The van der Waals surface area contributed by atoms with Crippen LogP contribution in [0, 0.1) is 0 Å². The lowest BCUT2D eigenvalue weighted by molar-refractivity contribution is 0.0977. The first kappa shape index (κ1) is 15.8. The molecular weight excluding hydrogens is 280 g/mol. The monoisotopic (exact) mass is 298 g/mol. The maximum atomic E-state index is 11.8. The topological polar surface area (TPSA) is 74.6 Å². The highest BCUT2D eigenvalue weighted by molar-refractivity contribution is 6.01. The van der Waals surface area contributed by atoms with Crippen LogP contribution in [0.4, 0.5) is 0 Å². The molecule has 0 aliphatic carbocycles. The Morgan fingerprint density at radius 3 is 1.45 bits per heavy atom. The highest BCUT2D eigenvalue weighted by Gasteiger charge is 2.14. The van der Waals surface area contributed by atoms with E-state index in [1.54, 1.807) is 38.1 Å². The minimum Gasteiger partial charge on any atom is -0.507 e. The second-order valence-corrected chi connectivity index (χ2v) is 5.02. The van der Waals surface area contributed by atoms with Crippen molar-refractivity contribution in [3.05, 3.63) is 47.5 Å². The predicted octanol–water partition coefficient (Wildman–Crippen LogP) is 3.95. The van der Waals surface area contributed by atoms with E-state index >= 15 is 0 Å². The lowest BCUT2D eigenvalue weighted by Crippen LogP contribution is -1.99. The summed E-state index contributed by atoms with van der Waals surface area (Å²) >= 11 is 0. The van der Waals surface area contributed by atoms with Gasteiger partial charge in [-0.15, -0.1) is 0 Å².